The van der Waals surface area contributed by atoms with E-state index in [4.69, 9.17) is 10.5 Å². The van der Waals surface area contributed by atoms with Crippen molar-refractivity contribution in [3.63, 3.8) is 0 Å². The Morgan fingerprint density at radius 3 is 2.30 bits per heavy atom. The van der Waals surface area contributed by atoms with Crippen molar-refractivity contribution in [3.8, 4) is 0 Å². The highest BCUT2D eigenvalue weighted by atomic mass is 16.5. The summed E-state index contributed by atoms with van der Waals surface area (Å²) in [6.07, 6.45) is 0. The molecule has 0 amide bonds. The van der Waals surface area contributed by atoms with Crippen LogP contribution in [0.25, 0.3) is 0 Å². The molecule has 0 bridgehead atoms. The normalized spacial score (nSPS) is 10.2. The monoisotopic (exact) mass is 270 g/mol. The molecule has 0 aromatic heterocycles. The fourth-order valence-electron chi connectivity index (χ4n) is 2.11. The first kappa shape index (κ1) is 13.9. The van der Waals surface area contributed by atoms with Crippen LogP contribution in [0.3, 0.4) is 0 Å². The van der Waals surface area contributed by atoms with Crippen LogP contribution < -0.4 is 11.1 Å². The van der Waals surface area contributed by atoms with Gasteiger partial charge in [0, 0.05) is 5.69 Å². The van der Waals surface area contributed by atoms with Crippen LogP contribution in [-0.4, -0.2) is 13.1 Å². The molecule has 0 radical (unpaired) electrons. The zero-order valence-electron chi connectivity index (χ0n) is 11.9. The lowest BCUT2D eigenvalue weighted by atomic mass is 10.1. The van der Waals surface area contributed by atoms with Gasteiger partial charge in [0.1, 0.15) is 0 Å². The summed E-state index contributed by atoms with van der Waals surface area (Å²) in [7, 11) is 1.34. The van der Waals surface area contributed by atoms with E-state index in [1.807, 2.05) is 38.1 Å². The number of carbonyl (C=O) groups excluding carboxylic acids is 1. The molecule has 2 aromatic carbocycles. The van der Waals surface area contributed by atoms with Gasteiger partial charge in [-0.1, -0.05) is 24.3 Å². The van der Waals surface area contributed by atoms with Crippen LogP contribution in [0.2, 0.25) is 0 Å². The van der Waals surface area contributed by atoms with Crippen LogP contribution in [0, 0.1) is 13.8 Å². The summed E-state index contributed by atoms with van der Waals surface area (Å²) in [5, 5.41) is 3.30. The largest absolute Gasteiger partial charge is 0.465 e. The Balaban J connectivity index is 2.42. The molecule has 4 heteroatoms. The maximum atomic E-state index is 11.6. The van der Waals surface area contributed by atoms with Gasteiger partial charge in [-0.15, -0.1) is 0 Å². The molecule has 20 heavy (non-hydrogen) atoms. The first-order chi connectivity index (χ1) is 9.54. The zero-order valence-corrected chi connectivity index (χ0v) is 11.9. The van der Waals surface area contributed by atoms with E-state index in [0.717, 1.165) is 16.8 Å². The standard InChI is InChI=1S/C16H18N2O2/c1-10-6-4-7-11(2)15(10)18-13-9-5-8-12(14(13)17)16(19)20-3/h4-9,18H,17H2,1-3H3. The van der Waals surface area contributed by atoms with Crippen molar-refractivity contribution in [3.05, 3.63) is 53.1 Å². The SMILES string of the molecule is COC(=O)c1cccc(Nc2c(C)cccc2C)c1N. The second kappa shape index (κ2) is 5.65. The highest BCUT2D eigenvalue weighted by Crippen LogP contribution is 2.30. The minimum atomic E-state index is -0.437. The molecular formula is C16H18N2O2. The third-order valence-electron chi connectivity index (χ3n) is 3.25. The van der Waals surface area contributed by atoms with E-state index in [2.05, 4.69) is 5.32 Å². The van der Waals surface area contributed by atoms with Crippen molar-refractivity contribution < 1.29 is 9.53 Å². The van der Waals surface area contributed by atoms with E-state index < -0.39 is 5.97 Å². The molecule has 104 valence electrons. The molecule has 0 aliphatic carbocycles. The highest BCUT2D eigenvalue weighted by molar-refractivity contribution is 5.99. The second-order valence-corrected chi connectivity index (χ2v) is 4.65. The number of anilines is 3. The smallest absolute Gasteiger partial charge is 0.340 e. The zero-order chi connectivity index (χ0) is 14.7. The summed E-state index contributed by atoms with van der Waals surface area (Å²) in [6, 6.07) is 11.3. The maximum Gasteiger partial charge on any atom is 0.340 e. The first-order valence-electron chi connectivity index (χ1n) is 6.34. The highest BCUT2D eigenvalue weighted by Gasteiger charge is 2.13. The Morgan fingerprint density at radius 1 is 1.10 bits per heavy atom. The lowest BCUT2D eigenvalue weighted by Crippen LogP contribution is -2.08. The minimum absolute atomic E-state index is 0.365. The number of carbonyl (C=O) groups is 1. The van der Waals surface area contributed by atoms with Gasteiger partial charge in [0.25, 0.3) is 0 Å². The number of nitrogens with two attached hydrogens (primary N) is 1. The van der Waals surface area contributed by atoms with Crippen LogP contribution in [0.5, 0.6) is 0 Å². The van der Waals surface area contributed by atoms with Gasteiger partial charge in [0.15, 0.2) is 0 Å². The summed E-state index contributed by atoms with van der Waals surface area (Å²) in [5.41, 5.74) is 10.7. The van der Waals surface area contributed by atoms with E-state index in [1.165, 1.54) is 7.11 Å². The van der Waals surface area contributed by atoms with Crippen molar-refractivity contribution >= 4 is 23.0 Å². The van der Waals surface area contributed by atoms with E-state index in [9.17, 15) is 4.79 Å². The van der Waals surface area contributed by atoms with Crippen LogP contribution >= 0.6 is 0 Å². The van der Waals surface area contributed by atoms with Crippen molar-refractivity contribution in [1.29, 1.82) is 0 Å². The number of nitrogen functional groups attached to an aromatic ring is 1. The third-order valence-corrected chi connectivity index (χ3v) is 3.25. The summed E-state index contributed by atoms with van der Waals surface area (Å²) in [4.78, 5) is 11.6. The summed E-state index contributed by atoms with van der Waals surface area (Å²) in [6.45, 7) is 4.05. The molecule has 0 fully saturated rings. The molecule has 0 saturated heterocycles. The number of para-hydroxylation sites is 2. The van der Waals surface area contributed by atoms with Gasteiger partial charge < -0.3 is 15.8 Å². The van der Waals surface area contributed by atoms with E-state index in [0.29, 0.717) is 16.9 Å². The predicted molar refractivity (Wildman–Crippen MR) is 81.4 cm³/mol. The molecule has 0 saturated carbocycles. The molecule has 2 rings (SSSR count). The topological polar surface area (TPSA) is 64.3 Å². The molecule has 2 aromatic rings. The number of hydrogen-bond acceptors (Lipinski definition) is 4. The van der Waals surface area contributed by atoms with Crippen LogP contribution in [0.1, 0.15) is 21.5 Å². The van der Waals surface area contributed by atoms with Gasteiger partial charge >= 0.3 is 5.97 Å². The lowest BCUT2D eigenvalue weighted by molar-refractivity contribution is 0.0602. The quantitative estimate of drug-likeness (QED) is 0.662. The lowest BCUT2D eigenvalue weighted by Gasteiger charge is -2.15. The van der Waals surface area contributed by atoms with Crippen molar-refractivity contribution in [1.82, 2.24) is 0 Å². The van der Waals surface area contributed by atoms with E-state index >= 15 is 0 Å². The predicted octanol–water partition coefficient (Wildman–Crippen LogP) is 3.42. The van der Waals surface area contributed by atoms with Gasteiger partial charge in [-0.25, -0.2) is 4.79 Å². The van der Waals surface area contributed by atoms with Gasteiger partial charge in [-0.05, 0) is 37.1 Å². The summed E-state index contributed by atoms with van der Waals surface area (Å²) >= 11 is 0. The molecule has 0 atom stereocenters. The number of nitrogens with one attached hydrogen (secondary N) is 1. The van der Waals surface area contributed by atoms with Crippen LogP contribution in [0.4, 0.5) is 17.1 Å². The Bertz CT molecular complexity index is 631. The number of esters is 1. The second-order valence-electron chi connectivity index (χ2n) is 4.65. The van der Waals surface area contributed by atoms with Gasteiger partial charge in [-0.3, -0.25) is 0 Å². The fourth-order valence-corrected chi connectivity index (χ4v) is 2.11. The van der Waals surface area contributed by atoms with E-state index in [-0.39, 0.29) is 0 Å². The average molecular weight is 270 g/mol. The molecule has 3 N–H and O–H groups in total. The third kappa shape index (κ3) is 2.59. The number of methoxy groups -OCH3 is 1. The number of hydrogen-bond donors (Lipinski definition) is 2. The van der Waals surface area contributed by atoms with Crippen molar-refractivity contribution in [2.24, 2.45) is 0 Å². The van der Waals surface area contributed by atoms with Crippen LogP contribution in [0.15, 0.2) is 36.4 Å². The fraction of sp³-hybridized carbons (Fsp3) is 0.188. The number of aryl methyl sites for hydroxylation is 2. The first-order valence-corrected chi connectivity index (χ1v) is 6.34. The van der Waals surface area contributed by atoms with Crippen molar-refractivity contribution in [2.75, 3.05) is 18.2 Å². The number of rotatable bonds is 3. The molecular weight excluding hydrogens is 252 g/mol. The molecule has 4 nitrogen and oxygen atoms in total. The number of ether oxygens (including phenoxy) is 1. The molecule has 0 aliphatic heterocycles. The number of benzene rings is 2. The van der Waals surface area contributed by atoms with Gasteiger partial charge in [0.2, 0.25) is 0 Å². The van der Waals surface area contributed by atoms with Gasteiger partial charge in [-0.2, -0.15) is 0 Å². The summed E-state index contributed by atoms with van der Waals surface area (Å²) < 4.78 is 4.72. The van der Waals surface area contributed by atoms with E-state index in [1.54, 1.807) is 12.1 Å². The minimum Gasteiger partial charge on any atom is -0.465 e. The van der Waals surface area contributed by atoms with Crippen molar-refractivity contribution in [2.45, 2.75) is 13.8 Å². The average Bonchev–Trinajstić information content (AvgIpc) is 2.44. The molecule has 0 unspecified atom stereocenters. The molecule has 0 spiro atoms. The van der Waals surface area contributed by atoms with Gasteiger partial charge in [0.05, 0.1) is 24.0 Å². The molecule has 0 heterocycles. The van der Waals surface area contributed by atoms with Crippen LogP contribution in [-0.2, 0) is 4.74 Å². The molecule has 0 aliphatic rings. The Labute approximate surface area is 118 Å². The Hall–Kier alpha value is -2.49. The summed E-state index contributed by atoms with van der Waals surface area (Å²) in [5.74, 6) is -0.437. The Morgan fingerprint density at radius 2 is 1.70 bits per heavy atom. The maximum absolute atomic E-state index is 11.6. The Kier molecular flexibility index (Phi) is 3.94.